The fourth-order valence-corrected chi connectivity index (χ4v) is 2.71. The number of anilines is 2. The van der Waals surface area contributed by atoms with Crippen molar-refractivity contribution in [3.8, 4) is 0 Å². The van der Waals surface area contributed by atoms with E-state index in [-0.39, 0.29) is 12.5 Å². The van der Waals surface area contributed by atoms with Crippen LogP contribution in [0.5, 0.6) is 0 Å². The minimum atomic E-state index is -0.0663. The molecule has 2 aromatic rings. The zero-order chi connectivity index (χ0) is 16.8. The molecule has 0 aliphatic carbocycles. The van der Waals surface area contributed by atoms with Crippen LogP contribution in [0.3, 0.4) is 0 Å². The molecule has 8 nitrogen and oxygen atoms in total. The summed E-state index contributed by atoms with van der Waals surface area (Å²) in [6.45, 7) is 5.40. The highest BCUT2D eigenvalue weighted by Gasteiger charge is 2.14. The Balaban J connectivity index is 1.45. The van der Waals surface area contributed by atoms with Crippen molar-refractivity contribution in [2.24, 2.45) is 0 Å². The Morgan fingerprint density at radius 3 is 2.83 bits per heavy atom. The van der Waals surface area contributed by atoms with Gasteiger partial charge in [0.2, 0.25) is 11.9 Å². The molecule has 1 amide bonds. The second kappa shape index (κ2) is 7.76. The second-order valence-electron chi connectivity index (χ2n) is 5.87. The highest BCUT2D eigenvalue weighted by Crippen LogP contribution is 2.19. The predicted molar refractivity (Wildman–Crippen MR) is 91.9 cm³/mol. The van der Waals surface area contributed by atoms with E-state index in [4.69, 9.17) is 0 Å². The Morgan fingerprint density at radius 1 is 1.25 bits per heavy atom. The maximum absolute atomic E-state index is 11.8. The Hall–Kier alpha value is -2.64. The number of carbonyl (C=O) groups is 1. The lowest BCUT2D eigenvalue weighted by Crippen LogP contribution is -2.32. The number of aromatic nitrogens is 4. The molecule has 2 N–H and O–H groups in total. The molecule has 128 valence electrons. The van der Waals surface area contributed by atoms with Crippen LogP contribution in [-0.4, -0.2) is 51.8 Å². The lowest BCUT2D eigenvalue weighted by molar-refractivity contribution is -0.121. The number of rotatable bonds is 7. The van der Waals surface area contributed by atoms with Gasteiger partial charge in [-0.15, -0.1) is 0 Å². The largest absolute Gasteiger partial charge is 0.356 e. The van der Waals surface area contributed by atoms with Crippen molar-refractivity contribution in [1.29, 1.82) is 0 Å². The standard InChI is InChI=1S/C16H23N7O/c1-13-11-14(22-8-2-3-9-22)21-16(20-13)18-7-6-17-15(24)12-23-10-4-5-19-23/h4-5,10-11H,2-3,6-9,12H2,1H3,(H,17,24)(H,18,20,21). The smallest absolute Gasteiger partial charge is 0.241 e. The number of amides is 1. The number of nitrogens with one attached hydrogen (secondary N) is 2. The first-order valence-electron chi connectivity index (χ1n) is 8.29. The van der Waals surface area contributed by atoms with Gasteiger partial charge in [0.05, 0.1) is 0 Å². The van der Waals surface area contributed by atoms with Gasteiger partial charge >= 0.3 is 0 Å². The first kappa shape index (κ1) is 16.2. The molecular formula is C16H23N7O. The van der Waals surface area contributed by atoms with E-state index in [1.165, 1.54) is 12.8 Å². The van der Waals surface area contributed by atoms with Crippen molar-refractivity contribution < 1.29 is 4.79 Å². The van der Waals surface area contributed by atoms with Crippen molar-refractivity contribution in [1.82, 2.24) is 25.1 Å². The van der Waals surface area contributed by atoms with E-state index in [1.807, 2.05) is 13.0 Å². The normalized spacial score (nSPS) is 14.0. The summed E-state index contributed by atoms with van der Waals surface area (Å²) in [5, 5.41) is 10.0. The third-order valence-electron chi connectivity index (χ3n) is 3.87. The SMILES string of the molecule is Cc1cc(N2CCCC2)nc(NCCNC(=O)Cn2cccn2)n1. The zero-order valence-electron chi connectivity index (χ0n) is 13.9. The first-order valence-corrected chi connectivity index (χ1v) is 8.29. The highest BCUT2D eigenvalue weighted by atomic mass is 16.2. The summed E-state index contributed by atoms with van der Waals surface area (Å²) < 4.78 is 1.59. The average molecular weight is 329 g/mol. The summed E-state index contributed by atoms with van der Waals surface area (Å²) in [6, 6.07) is 3.81. The predicted octanol–water partition coefficient (Wildman–Crippen LogP) is 0.810. The molecule has 0 radical (unpaired) electrons. The molecule has 0 atom stereocenters. The molecule has 1 fully saturated rings. The van der Waals surface area contributed by atoms with E-state index in [9.17, 15) is 4.79 Å². The Kier molecular flexibility index (Phi) is 5.25. The third-order valence-corrected chi connectivity index (χ3v) is 3.87. The maximum atomic E-state index is 11.8. The molecule has 0 unspecified atom stereocenters. The van der Waals surface area contributed by atoms with Crippen molar-refractivity contribution in [2.75, 3.05) is 36.4 Å². The van der Waals surface area contributed by atoms with E-state index in [1.54, 1.807) is 23.1 Å². The number of carbonyl (C=O) groups excluding carboxylic acids is 1. The monoisotopic (exact) mass is 329 g/mol. The third kappa shape index (κ3) is 4.43. The molecular weight excluding hydrogens is 306 g/mol. The summed E-state index contributed by atoms with van der Waals surface area (Å²) >= 11 is 0. The molecule has 0 aromatic carbocycles. The Bertz CT molecular complexity index is 665. The fourth-order valence-electron chi connectivity index (χ4n) is 2.71. The van der Waals surface area contributed by atoms with Gasteiger partial charge in [-0.05, 0) is 25.8 Å². The molecule has 2 aromatic heterocycles. The summed E-state index contributed by atoms with van der Waals surface area (Å²) in [5.41, 5.74) is 0.942. The second-order valence-corrected chi connectivity index (χ2v) is 5.87. The van der Waals surface area contributed by atoms with E-state index < -0.39 is 0 Å². The van der Waals surface area contributed by atoms with Gasteiger partial charge in [0, 0.05) is 50.3 Å². The van der Waals surface area contributed by atoms with Crippen molar-refractivity contribution >= 4 is 17.7 Å². The van der Waals surface area contributed by atoms with Crippen molar-refractivity contribution in [3.63, 3.8) is 0 Å². The lowest BCUT2D eigenvalue weighted by Gasteiger charge is -2.17. The van der Waals surface area contributed by atoms with Crippen LogP contribution in [0.15, 0.2) is 24.5 Å². The molecule has 1 aliphatic rings. The van der Waals surface area contributed by atoms with Gasteiger partial charge < -0.3 is 15.5 Å². The molecule has 0 spiro atoms. The minimum absolute atomic E-state index is 0.0663. The molecule has 24 heavy (non-hydrogen) atoms. The van der Waals surface area contributed by atoms with Crippen molar-refractivity contribution in [3.05, 3.63) is 30.2 Å². The highest BCUT2D eigenvalue weighted by molar-refractivity contribution is 5.75. The summed E-state index contributed by atoms with van der Waals surface area (Å²) in [5.74, 6) is 1.52. The van der Waals surface area contributed by atoms with Crippen LogP contribution in [0.4, 0.5) is 11.8 Å². The van der Waals surface area contributed by atoms with E-state index in [2.05, 4.69) is 30.6 Å². The van der Waals surface area contributed by atoms with Gasteiger partial charge in [-0.3, -0.25) is 9.48 Å². The quantitative estimate of drug-likeness (QED) is 0.731. The number of hydrogen-bond acceptors (Lipinski definition) is 6. The van der Waals surface area contributed by atoms with E-state index in [0.29, 0.717) is 19.0 Å². The Labute approximate surface area is 141 Å². The summed E-state index contributed by atoms with van der Waals surface area (Å²) in [4.78, 5) is 23.0. The van der Waals surface area contributed by atoms with Crippen LogP contribution >= 0.6 is 0 Å². The average Bonchev–Trinajstić information content (AvgIpc) is 3.24. The number of aryl methyl sites for hydroxylation is 1. The van der Waals surface area contributed by atoms with Crippen LogP contribution in [0.2, 0.25) is 0 Å². The van der Waals surface area contributed by atoms with E-state index >= 15 is 0 Å². The molecule has 1 saturated heterocycles. The molecule has 0 bridgehead atoms. The topological polar surface area (TPSA) is 88.0 Å². The maximum Gasteiger partial charge on any atom is 0.241 e. The summed E-state index contributed by atoms with van der Waals surface area (Å²) in [7, 11) is 0. The van der Waals surface area contributed by atoms with Gasteiger partial charge in [-0.1, -0.05) is 0 Å². The number of nitrogens with zero attached hydrogens (tertiary/aromatic N) is 5. The van der Waals surface area contributed by atoms with Crippen LogP contribution in [-0.2, 0) is 11.3 Å². The van der Waals surface area contributed by atoms with Gasteiger partial charge in [-0.2, -0.15) is 10.1 Å². The minimum Gasteiger partial charge on any atom is -0.356 e. The first-order chi connectivity index (χ1) is 11.7. The molecule has 3 rings (SSSR count). The molecule has 0 saturated carbocycles. The fraction of sp³-hybridized carbons (Fsp3) is 0.500. The number of hydrogen-bond donors (Lipinski definition) is 2. The summed E-state index contributed by atoms with van der Waals surface area (Å²) in [6.07, 6.45) is 5.85. The van der Waals surface area contributed by atoms with Crippen LogP contribution in [0.25, 0.3) is 0 Å². The van der Waals surface area contributed by atoms with Gasteiger partial charge in [0.15, 0.2) is 0 Å². The van der Waals surface area contributed by atoms with E-state index in [0.717, 1.165) is 24.6 Å². The van der Waals surface area contributed by atoms with Gasteiger partial charge in [0.1, 0.15) is 12.4 Å². The van der Waals surface area contributed by atoms with Crippen molar-refractivity contribution in [2.45, 2.75) is 26.3 Å². The van der Waals surface area contributed by atoms with Crippen LogP contribution in [0.1, 0.15) is 18.5 Å². The van der Waals surface area contributed by atoms with Gasteiger partial charge in [0.25, 0.3) is 0 Å². The molecule has 3 heterocycles. The molecule has 1 aliphatic heterocycles. The van der Waals surface area contributed by atoms with Gasteiger partial charge in [-0.25, -0.2) is 4.98 Å². The zero-order valence-corrected chi connectivity index (χ0v) is 13.9. The Morgan fingerprint density at radius 2 is 2.08 bits per heavy atom. The lowest BCUT2D eigenvalue weighted by atomic mass is 10.4. The van der Waals surface area contributed by atoms with Crippen LogP contribution < -0.4 is 15.5 Å². The van der Waals surface area contributed by atoms with Crippen LogP contribution in [0, 0.1) is 6.92 Å². The molecule has 8 heteroatoms.